The molecule has 1 N–H and O–H groups in total. The topological polar surface area (TPSA) is 72.7 Å². The van der Waals surface area contributed by atoms with E-state index in [1.54, 1.807) is 13.0 Å². The van der Waals surface area contributed by atoms with Crippen molar-refractivity contribution in [3.8, 4) is 0 Å². The predicted molar refractivity (Wildman–Crippen MR) is 111 cm³/mol. The van der Waals surface area contributed by atoms with Gasteiger partial charge in [0.25, 0.3) is 5.91 Å². The van der Waals surface area contributed by atoms with Gasteiger partial charge in [0.2, 0.25) is 0 Å². The van der Waals surface area contributed by atoms with E-state index >= 15 is 0 Å². The van der Waals surface area contributed by atoms with Crippen LogP contribution >= 0.6 is 0 Å². The Balaban J connectivity index is 2.11. The van der Waals surface area contributed by atoms with Gasteiger partial charge in [-0.15, -0.1) is 0 Å². The van der Waals surface area contributed by atoms with Crippen LogP contribution in [0.15, 0.2) is 24.5 Å². The fourth-order valence-corrected chi connectivity index (χ4v) is 3.34. The highest BCUT2D eigenvalue weighted by Gasteiger charge is 2.26. The molecule has 3 rings (SSSR count). The number of nitrogens with one attached hydrogen (secondary N) is 1. The molecule has 0 radical (unpaired) electrons. The molecular formula is C22H28FN5O. The molecule has 7 heteroatoms. The van der Waals surface area contributed by atoms with Crippen LogP contribution in [0, 0.1) is 12.7 Å². The molecule has 0 aliphatic heterocycles. The molecule has 0 aromatic carbocycles. The number of hydrogen-bond donors (Lipinski definition) is 1. The first-order chi connectivity index (χ1) is 13.5. The molecule has 3 aromatic rings. The summed E-state index contributed by atoms with van der Waals surface area (Å²) in [5, 5.41) is 8.30. The third kappa shape index (κ3) is 3.99. The first-order valence-corrected chi connectivity index (χ1v) is 9.81. The van der Waals surface area contributed by atoms with Gasteiger partial charge in [0.1, 0.15) is 5.82 Å². The van der Waals surface area contributed by atoms with E-state index in [1.807, 2.05) is 31.5 Å². The molecule has 3 heterocycles. The maximum Gasteiger partial charge on any atom is 0.252 e. The zero-order chi connectivity index (χ0) is 21.5. The van der Waals surface area contributed by atoms with Gasteiger partial charge in [-0.2, -0.15) is 5.10 Å². The van der Waals surface area contributed by atoms with Crippen molar-refractivity contribution >= 4 is 16.9 Å². The van der Waals surface area contributed by atoms with Gasteiger partial charge in [-0.05, 0) is 52.7 Å². The van der Waals surface area contributed by atoms with Crippen molar-refractivity contribution in [3.63, 3.8) is 0 Å². The third-order valence-corrected chi connectivity index (χ3v) is 4.92. The summed E-state index contributed by atoms with van der Waals surface area (Å²) in [7, 11) is 0. The van der Waals surface area contributed by atoms with Gasteiger partial charge in [0, 0.05) is 17.5 Å². The Labute approximate surface area is 170 Å². The maximum atomic E-state index is 14.1. The molecule has 0 saturated heterocycles. The summed E-state index contributed by atoms with van der Waals surface area (Å²) in [6.45, 7) is 13.9. The SMILES string of the molecule is Cc1nn(C(C)(C)C)c2nc(C(C)C)cc(C(=O)NC(C)c3ccncc3F)c12. The number of hydrogen-bond acceptors (Lipinski definition) is 4. The average Bonchev–Trinajstić information content (AvgIpc) is 2.98. The number of fused-ring (bicyclic) bond motifs is 1. The van der Waals surface area contributed by atoms with Crippen LogP contribution < -0.4 is 5.32 Å². The number of nitrogens with zero attached hydrogens (tertiary/aromatic N) is 4. The Morgan fingerprint density at radius 2 is 1.93 bits per heavy atom. The van der Waals surface area contributed by atoms with Crippen LogP contribution in [0.1, 0.15) is 80.8 Å². The lowest BCUT2D eigenvalue weighted by atomic mass is 10.0. The Hall–Kier alpha value is -2.83. The summed E-state index contributed by atoms with van der Waals surface area (Å²) in [5.41, 5.74) is 2.87. The number of pyridine rings is 2. The van der Waals surface area contributed by atoms with E-state index in [2.05, 4.69) is 36.2 Å². The fourth-order valence-electron chi connectivity index (χ4n) is 3.34. The van der Waals surface area contributed by atoms with Crippen LogP contribution in [0.5, 0.6) is 0 Å². The van der Waals surface area contributed by atoms with Crippen LogP contribution in [0.2, 0.25) is 0 Å². The normalized spacial score (nSPS) is 13.1. The van der Waals surface area contributed by atoms with Crippen molar-refractivity contribution in [2.45, 2.75) is 66.0 Å². The van der Waals surface area contributed by atoms with E-state index in [0.29, 0.717) is 16.8 Å². The molecule has 6 nitrogen and oxygen atoms in total. The highest BCUT2D eigenvalue weighted by molar-refractivity contribution is 6.06. The van der Waals surface area contributed by atoms with Gasteiger partial charge in [-0.25, -0.2) is 14.1 Å². The first-order valence-electron chi connectivity index (χ1n) is 9.81. The van der Waals surface area contributed by atoms with Crippen molar-refractivity contribution in [1.29, 1.82) is 0 Å². The van der Waals surface area contributed by atoms with Crippen molar-refractivity contribution in [2.24, 2.45) is 0 Å². The highest BCUT2D eigenvalue weighted by atomic mass is 19.1. The molecule has 0 spiro atoms. The van der Waals surface area contributed by atoms with E-state index in [1.165, 1.54) is 6.20 Å². The Kier molecular flexibility index (Phi) is 5.43. The van der Waals surface area contributed by atoms with Gasteiger partial charge in [0.05, 0.1) is 34.4 Å². The predicted octanol–water partition coefficient (Wildman–Crippen LogP) is 4.64. The lowest BCUT2D eigenvalue weighted by molar-refractivity contribution is 0.0940. The molecule has 0 aliphatic rings. The molecule has 3 aromatic heterocycles. The molecule has 1 atom stereocenters. The van der Waals surface area contributed by atoms with Gasteiger partial charge >= 0.3 is 0 Å². The fraction of sp³-hybridized carbons (Fsp3) is 0.455. The van der Waals surface area contributed by atoms with Crippen LogP contribution in [-0.4, -0.2) is 25.7 Å². The summed E-state index contributed by atoms with van der Waals surface area (Å²) in [6.07, 6.45) is 2.66. The summed E-state index contributed by atoms with van der Waals surface area (Å²) < 4.78 is 15.9. The molecule has 0 bridgehead atoms. The summed E-state index contributed by atoms with van der Waals surface area (Å²) in [5.74, 6) is -0.580. The maximum absolute atomic E-state index is 14.1. The third-order valence-electron chi connectivity index (χ3n) is 4.92. The van der Waals surface area contributed by atoms with Gasteiger partial charge in [-0.3, -0.25) is 9.78 Å². The second kappa shape index (κ2) is 7.54. The van der Waals surface area contributed by atoms with E-state index in [4.69, 9.17) is 4.98 Å². The van der Waals surface area contributed by atoms with Crippen LogP contribution in [0.3, 0.4) is 0 Å². The molecule has 0 saturated carbocycles. The lowest BCUT2D eigenvalue weighted by Crippen LogP contribution is -2.28. The Morgan fingerprint density at radius 3 is 2.52 bits per heavy atom. The van der Waals surface area contributed by atoms with E-state index in [-0.39, 0.29) is 17.4 Å². The van der Waals surface area contributed by atoms with Gasteiger partial charge in [0.15, 0.2) is 5.65 Å². The van der Waals surface area contributed by atoms with Crippen molar-refractivity contribution in [1.82, 2.24) is 25.1 Å². The monoisotopic (exact) mass is 397 g/mol. The summed E-state index contributed by atoms with van der Waals surface area (Å²) >= 11 is 0. The van der Waals surface area contributed by atoms with Crippen molar-refractivity contribution in [2.75, 3.05) is 0 Å². The van der Waals surface area contributed by atoms with E-state index < -0.39 is 11.9 Å². The largest absolute Gasteiger partial charge is 0.345 e. The standard InChI is InChI=1S/C22H28FN5O/c1-12(2)18-10-16(19-14(4)27-28(20(19)26-18)22(5,6)7)21(29)25-13(3)15-8-9-24-11-17(15)23/h8-13H,1-7H3,(H,25,29). The number of rotatable bonds is 4. The molecule has 1 unspecified atom stereocenters. The zero-order valence-electron chi connectivity index (χ0n) is 18.0. The number of amides is 1. The van der Waals surface area contributed by atoms with Crippen LogP contribution in [0.4, 0.5) is 4.39 Å². The highest BCUT2D eigenvalue weighted by Crippen LogP contribution is 2.29. The van der Waals surface area contributed by atoms with Crippen molar-refractivity contribution in [3.05, 3.63) is 52.9 Å². The Morgan fingerprint density at radius 1 is 1.24 bits per heavy atom. The molecule has 1 amide bonds. The smallest absolute Gasteiger partial charge is 0.252 e. The average molecular weight is 397 g/mol. The summed E-state index contributed by atoms with van der Waals surface area (Å²) in [6, 6.07) is 2.89. The molecular weight excluding hydrogens is 369 g/mol. The second-order valence-electron chi connectivity index (χ2n) is 8.71. The lowest BCUT2D eigenvalue weighted by Gasteiger charge is -2.21. The molecule has 0 aliphatic carbocycles. The minimum absolute atomic E-state index is 0.143. The first kappa shape index (κ1) is 20.9. The number of aromatic nitrogens is 4. The van der Waals surface area contributed by atoms with E-state index in [9.17, 15) is 9.18 Å². The summed E-state index contributed by atoms with van der Waals surface area (Å²) in [4.78, 5) is 21.8. The number of aryl methyl sites for hydroxylation is 1. The van der Waals surface area contributed by atoms with E-state index in [0.717, 1.165) is 23.0 Å². The van der Waals surface area contributed by atoms with Crippen LogP contribution in [0.25, 0.3) is 11.0 Å². The van der Waals surface area contributed by atoms with Crippen molar-refractivity contribution < 1.29 is 9.18 Å². The molecule has 29 heavy (non-hydrogen) atoms. The van der Waals surface area contributed by atoms with Crippen LogP contribution in [-0.2, 0) is 5.54 Å². The quantitative estimate of drug-likeness (QED) is 0.696. The van der Waals surface area contributed by atoms with Gasteiger partial charge < -0.3 is 5.32 Å². The number of carbonyl (C=O) groups excluding carboxylic acids is 1. The molecule has 0 fully saturated rings. The number of halogens is 1. The minimum atomic E-state index is -0.505. The van der Waals surface area contributed by atoms with Gasteiger partial charge in [-0.1, -0.05) is 13.8 Å². The second-order valence-corrected chi connectivity index (χ2v) is 8.71. The Bertz CT molecular complexity index is 1060. The number of carbonyl (C=O) groups is 1. The minimum Gasteiger partial charge on any atom is -0.345 e. The zero-order valence-corrected chi connectivity index (χ0v) is 18.0. The molecule has 154 valence electrons.